The maximum absolute atomic E-state index is 12.0. The van der Waals surface area contributed by atoms with Crippen LogP contribution in [0.4, 0.5) is 4.39 Å². The molecule has 1 atom stereocenters. The molecule has 0 radical (unpaired) electrons. The Morgan fingerprint density at radius 3 is 3.26 bits per heavy atom. The van der Waals surface area contributed by atoms with E-state index in [0.29, 0.717) is 19.5 Å². The summed E-state index contributed by atoms with van der Waals surface area (Å²) in [6, 6.07) is 0.218. The van der Waals surface area contributed by atoms with E-state index in [1.807, 2.05) is 10.3 Å². The Hall–Kier alpha value is -0.660. The van der Waals surface area contributed by atoms with E-state index in [0.717, 1.165) is 23.1 Å². The molecule has 4 nitrogen and oxygen atoms in total. The van der Waals surface area contributed by atoms with Crippen LogP contribution in [0.1, 0.15) is 12.8 Å². The number of aromatic nitrogens is 1. The highest BCUT2D eigenvalue weighted by atomic mass is 32.2. The van der Waals surface area contributed by atoms with Crippen LogP contribution in [0.5, 0.6) is 0 Å². The van der Waals surface area contributed by atoms with E-state index in [1.165, 1.54) is 0 Å². The third-order valence-electron chi connectivity index (χ3n) is 3.07. The van der Waals surface area contributed by atoms with Crippen LogP contribution < -0.4 is 5.32 Å². The van der Waals surface area contributed by atoms with Gasteiger partial charge in [-0.2, -0.15) is 0 Å². The number of alkyl halides is 1. The highest BCUT2D eigenvalue weighted by Crippen LogP contribution is 2.23. The Balaban J connectivity index is 1.74. The molecule has 0 bridgehead atoms. The summed E-state index contributed by atoms with van der Waals surface area (Å²) in [6.07, 6.45) is 3.28. The van der Waals surface area contributed by atoms with Gasteiger partial charge in [-0.15, -0.1) is 11.3 Å². The molecule has 0 saturated carbocycles. The summed E-state index contributed by atoms with van der Waals surface area (Å²) in [5.74, 6) is 1.07. The van der Waals surface area contributed by atoms with Gasteiger partial charge in [0.1, 0.15) is 11.0 Å². The number of rotatable bonds is 8. The van der Waals surface area contributed by atoms with Crippen LogP contribution in [0.15, 0.2) is 15.9 Å². The van der Waals surface area contributed by atoms with Gasteiger partial charge in [-0.3, -0.25) is 4.79 Å². The molecule has 1 aliphatic heterocycles. The molecule has 7 heteroatoms. The summed E-state index contributed by atoms with van der Waals surface area (Å²) in [6.45, 7) is 1.44. The Morgan fingerprint density at radius 2 is 2.53 bits per heavy atom. The van der Waals surface area contributed by atoms with E-state index in [4.69, 9.17) is 0 Å². The Bertz CT molecular complexity index is 388. The second-order valence-electron chi connectivity index (χ2n) is 4.32. The van der Waals surface area contributed by atoms with E-state index in [1.54, 1.807) is 29.3 Å². The predicted octanol–water partition coefficient (Wildman–Crippen LogP) is 1.79. The van der Waals surface area contributed by atoms with Gasteiger partial charge in [0.15, 0.2) is 0 Å². The van der Waals surface area contributed by atoms with Crippen molar-refractivity contribution in [3.05, 3.63) is 11.6 Å². The number of carbonyl (C=O) groups excluding carboxylic acids is 1. The van der Waals surface area contributed by atoms with Crippen LogP contribution in [-0.2, 0) is 4.79 Å². The van der Waals surface area contributed by atoms with Crippen molar-refractivity contribution in [1.29, 1.82) is 0 Å². The van der Waals surface area contributed by atoms with E-state index in [9.17, 15) is 9.18 Å². The van der Waals surface area contributed by atoms with Gasteiger partial charge in [-0.1, -0.05) is 11.8 Å². The number of amides is 1. The first kappa shape index (κ1) is 14.7. The number of likely N-dealkylation sites (tertiary alicyclic amines) is 1. The molecule has 0 aliphatic carbocycles. The molecule has 2 heterocycles. The number of carbonyl (C=O) groups is 1. The summed E-state index contributed by atoms with van der Waals surface area (Å²) in [5.41, 5.74) is 0. The second-order valence-corrected chi connectivity index (χ2v) is 6.56. The van der Waals surface area contributed by atoms with Crippen LogP contribution >= 0.6 is 23.1 Å². The predicted molar refractivity (Wildman–Crippen MR) is 76.4 cm³/mol. The fourth-order valence-electron chi connectivity index (χ4n) is 2.16. The first-order valence-corrected chi connectivity index (χ1v) is 8.26. The molecule has 1 amide bonds. The molecule has 1 aromatic rings. The zero-order valence-corrected chi connectivity index (χ0v) is 12.3. The highest BCUT2D eigenvalue weighted by Gasteiger charge is 2.29. The molecule has 0 spiro atoms. The maximum Gasteiger partial charge on any atom is 0.222 e. The van der Waals surface area contributed by atoms with Crippen molar-refractivity contribution >= 4 is 29.0 Å². The molecule has 19 heavy (non-hydrogen) atoms. The molecular formula is C12H18FN3OS2. The third kappa shape index (κ3) is 4.43. The maximum atomic E-state index is 12.0. The second kappa shape index (κ2) is 7.81. The van der Waals surface area contributed by atoms with E-state index in [2.05, 4.69) is 10.3 Å². The minimum atomic E-state index is -0.361. The van der Waals surface area contributed by atoms with Gasteiger partial charge in [-0.05, 0) is 6.42 Å². The van der Waals surface area contributed by atoms with Gasteiger partial charge < -0.3 is 10.2 Å². The van der Waals surface area contributed by atoms with Crippen LogP contribution in [0.2, 0.25) is 0 Å². The summed E-state index contributed by atoms with van der Waals surface area (Å²) >= 11 is 3.30. The number of halogens is 1. The van der Waals surface area contributed by atoms with Gasteiger partial charge >= 0.3 is 0 Å². The SMILES string of the molecule is O=C1CC[C@H](CNCCF)N1CCSc1nccs1. The van der Waals surface area contributed by atoms with Gasteiger partial charge in [0.05, 0.1) is 0 Å². The third-order valence-corrected chi connectivity index (χ3v) is 5.02. The number of hydrogen-bond acceptors (Lipinski definition) is 5. The first-order valence-electron chi connectivity index (χ1n) is 6.39. The summed E-state index contributed by atoms with van der Waals surface area (Å²) in [4.78, 5) is 17.9. The fourth-order valence-corrected chi connectivity index (χ4v) is 3.81. The van der Waals surface area contributed by atoms with E-state index >= 15 is 0 Å². The van der Waals surface area contributed by atoms with Crippen molar-refractivity contribution in [1.82, 2.24) is 15.2 Å². The van der Waals surface area contributed by atoms with Crippen LogP contribution in [0.25, 0.3) is 0 Å². The summed E-state index contributed by atoms with van der Waals surface area (Å²) < 4.78 is 13.1. The van der Waals surface area contributed by atoms with Crippen molar-refractivity contribution in [2.45, 2.75) is 23.2 Å². The first-order chi connectivity index (χ1) is 9.31. The molecule has 1 aliphatic rings. The zero-order valence-electron chi connectivity index (χ0n) is 10.7. The molecule has 2 rings (SSSR count). The molecule has 1 aromatic heterocycles. The number of thioether (sulfide) groups is 1. The van der Waals surface area contributed by atoms with Gasteiger partial charge in [0, 0.05) is 49.4 Å². The van der Waals surface area contributed by atoms with Crippen molar-refractivity contribution < 1.29 is 9.18 Å². The van der Waals surface area contributed by atoms with Crippen LogP contribution in [0, 0.1) is 0 Å². The summed E-state index contributed by atoms with van der Waals surface area (Å²) in [7, 11) is 0. The van der Waals surface area contributed by atoms with Crippen LogP contribution in [0.3, 0.4) is 0 Å². The minimum Gasteiger partial charge on any atom is -0.338 e. The van der Waals surface area contributed by atoms with Gasteiger partial charge in [-0.25, -0.2) is 9.37 Å². The topological polar surface area (TPSA) is 45.2 Å². The normalized spacial score (nSPS) is 19.3. The van der Waals surface area contributed by atoms with Gasteiger partial charge in [0.25, 0.3) is 0 Å². The Morgan fingerprint density at radius 1 is 1.63 bits per heavy atom. The van der Waals surface area contributed by atoms with Crippen LogP contribution in [-0.4, -0.2) is 53.9 Å². The zero-order chi connectivity index (χ0) is 13.5. The van der Waals surface area contributed by atoms with Crippen molar-refractivity contribution in [2.75, 3.05) is 32.1 Å². The average molecular weight is 303 g/mol. The molecule has 0 aromatic carbocycles. The Kier molecular flexibility index (Phi) is 6.06. The molecule has 1 N–H and O–H groups in total. The molecule has 1 saturated heterocycles. The van der Waals surface area contributed by atoms with Crippen molar-refractivity contribution in [3.8, 4) is 0 Å². The highest BCUT2D eigenvalue weighted by molar-refractivity contribution is 8.01. The van der Waals surface area contributed by atoms with Gasteiger partial charge in [0.2, 0.25) is 5.91 Å². The summed E-state index contributed by atoms with van der Waals surface area (Å²) in [5, 5.41) is 5.00. The largest absolute Gasteiger partial charge is 0.338 e. The quantitative estimate of drug-likeness (QED) is 0.587. The number of nitrogens with zero attached hydrogens (tertiary/aromatic N) is 2. The minimum absolute atomic E-state index is 0.215. The smallest absolute Gasteiger partial charge is 0.222 e. The molecule has 1 fully saturated rings. The number of nitrogens with one attached hydrogen (secondary N) is 1. The fraction of sp³-hybridized carbons (Fsp3) is 0.667. The lowest BCUT2D eigenvalue weighted by Gasteiger charge is -2.24. The Labute approximate surface area is 120 Å². The van der Waals surface area contributed by atoms with Crippen molar-refractivity contribution in [3.63, 3.8) is 0 Å². The molecular weight excluding hydrogens is 285 g/mol. The van der Waals surface area contributed by atoms with E-state index in [-0.39, 0.29) is 18.6 Å². The van der Waals surface area contributed by atoms with E-state index < -0.39 is 0 Å². The number of thiazole rings is 1. The number of hydrogen-bond donors (Lipinski definition) is 1. The average Bonchev–Trinajstić information content (AvgIpc) is 3.03. The molecule has 0 unspecified atom stereocenters. The lowest BCUT2D eigenvalue weighted by atomic mass is 10.2. The lowest BCUT2D eigenvalue weighted by molar-refractivity contribution is -0.128. The van der Waals surface area contributed by atoms with Crippen molar-refractivity contribution in [2.24, 2.45) is 0 Å². The molecule has 106 valence electrons. The standard InChI is InChI=1S/C12H18FN3OS2/c13-3-4-14-9-10-1-2-11(17)16(10)6-8-19-12-15-5-7-18-12/h5,7,10,14H,1-4,6,8-9H2/t10-/m1/s1. The lowest BCUT2D eigenvalue weighted by Crippen LogP contribution is -2.41. The monoisotopic (exact) mass is 303 g/mol.